The molecule has 12 heteroatoms. The Labute approximate surface area is 261 Å². The maximum atomic E-state index is 14.1. The monoisotopic (exact) mass is 657 g/mol. The van der Waals surface area contributed by atoms with E-state index in [4.69, 9.17) is 46.4 Å². The predicted octanol–water partition coefficient (Wildman–Crippen LogP) is 7.08. The molecule has 0 saturated carbocycles. The van der Waals surface area contributed by atoms with Gasteiger partial charge in [-0.05, 0) is 54.3 Å². The molecular weight excluding hydrogens is 628 g/mol. The van der Waals surface area contributed by atoms with E-state index in [2.05, 4.69) is 5.32 Å². The SMILES string of the molecule is CCC(C(=O)NCC(C)C)N(Cc1ccc(Cl)cc1Cl)C(=O)CN(c1cccc(Cl)c1Cl)S(=O)(=O)c1ccccc1. The summed E-state index contributed by atoms with van der Waals surface area (Å²) >= 11 is 25.2. The lowest BCUT2D eigenvalue weighted by Crippen LogP contribution is -2.52. The zero-order valence-corrected chi connectivity index (χ0v) is 26.6. The minimum Gasteiger partial charge on any atom is -0.354 e. The first-order valence-corrected chi connectivity index (χ1v) is 15.8. The van der Waals surface area contributed by atoms with Crippen molar-refractivity contribution in [1.82, 2.24) is 10.2 Å². The minimum atomic E-state index is -4.28. The molecule has 0 heterocycles. The third-order valence-corrected chi connectivity index (χ3v) is 9.41. The first-order valence-electron chi connectivity index (χ1n) is 12.9. The summed E-state index contributed by atoms with van der Waals surface area (Å²) in [6.07, 6.45) is 0.268. The average molecular weight is 659 g/mol. The molecule has 0 fully saturated rings. The number of benzene rings is 3. The van der Waals surface area contributed by atoms with Crippen LogP contribution in [-0.2, 0) is 26.2 Å². The smallest absolute Gasteiger partial charge is 0.264 e. The molecule has 7 nitrogen and oxygen atoms in total. The first-order chi connectivity index (χ1) is 19.4. The first kappa shape index (κ1) is 33.0. The average Bonchev–Trinajstić information content (AvgIpc) is 2.93. The molecule has 2 amide bonds. The van der Waals surface area contributed by atoms with Gasteiger partial charge in [-0.25, -0.2) is 8.42 Å². The van der Waals surface area contributed by atoms with Crippen LogP contribution < -0.4 is 9.62 Å². The molecule has 1 unspecified atom stereocenters. The number of hydrogen-bond donors (Lipinski definition) is 1. The van der Waals surface area contributed by atoms with E-state index in [9.17, 15) is 18.0 Å². The fourth-order valence-corrected chi connectivity index (χ4v) is 6.46. The number of anilines is 1. The summed E-state index contributed by atoms with van der Waals surface area (Å²) < 4.78 is 28.7. The second-order valence-corrected chi connectivity index (χ2v) is 13.2. The molecule has 0 aromatic heterocycles. The van der Waals surface area contributed by atoms with Crippen molar-refractivity contribution in [2.24, 2.45) is 5.92 Å². The number of nitrogens with zero attached hydrogens (tertiary/aromatic N) is 2. The van der Waals surface area contributed by atoms with Crippen molar-refractivity contribution in [3.05, 3.63) is 92.4 Å². The molecule has 0 aliphatic heterocycles. The van der Waals surface area contributed by atoms with Crippen molar-refractivity contribution in [2.45, 2.75) is 44.7 Å². The van der Waals surface area contributed by atoms with E-state index in [1.54, 1.807) is 49.4 Å². The van der Waals surface area contributed by atoms with Gasteiger partial charge < -0.3 is 10.2 Å². The quantitative estimate of drug-likeness (QED) is 0.225. The summed E-state index contributed by atoms with van der Waals surface area (Å²) in [6, 6.07) is 16.1. The zero-order valence-electron chi connectivity index (χ0n) is 22.8. The Morgan fingerprint density at radius 1 is 0.902 bits per heavy atom. The second-order valence-electron chi connectivity index (χ2n) is 9.72. The summed E-state index contributed by atoms with van der Waals surface area (Å²) in [5, 5.41) is 3.68. The largest absolute Gasteiger partial charge is 0.354 e. The molecule has 3 aromatic rings. The molecule has 220 valence electrons. The molecule has 41 heavy (non-hydrogen) atoms. The molecule has 0 spiro atoms. The predicted molar refractivity (Wildman–Crippen MR) is 166 cm³/mol. The number of amides is 2. The fourth-order valence-electron chi connectivity index (χ4n) is 4.09. The maximum absolute atomic E-state index is 14.1. The Morgan fingerprint density at radius 2 is 1.59 bits per heavy atom. The third-order valence-electron chi connectivity index (χ3n) is 6.24. The molecular formula is C29H31Cl4N3O4S. The Morgan fingerprint density at radius 3 is 2.20 bits per heavy atom. The molecule has 1 atom stereocenters. The summed E-state index contributed by atoms with van der Waals surface area (Å²) in [7, 11) is -4.28. The third kappa shape index (κ3) is 8.30. The van der Waals surface area contributed by atoms with Gasteiger partial charge >= 0.3 is 0 Å². The zero-order chi connectivity index (χ0) is 30.3. The fraction of sp³-hybridized carbons (Fsp3) is 0.310. The van der Waals surface area contributed by atoms with Gasteiger partial charge in [0.25, 0.3) is 10.0 Å². The van der Waals surface area contributed by atoms with Crippen molar-refractivity contribution in [3.63, 3.8) is 0 Å². The van der Waals surface area contributed by atoms with Crippen LogP contribution in [0, 0.1) is 5.92 Å². The van der Waals surface area contributed by atoms with Crippen molar-refractivity contribution >= 4 is 73.9 Å². The van der Waals surface area contributed by atoms with Gasteiger partial charge in [0.1, 0.15) is 12.6 Å². The molecule has 0 saturated heterocycles. The molecule has 1 N–H and O–H groups in total. The van der Waals surface area contributed by atoms with E-state index in [1.807, 2.05) is 13.8 Å². The Hall–Kier alpha value is -2.49. The van der Waals surface area contributed by atoms with Crippen LogP contribution in [0.1, 0.15) is 32.8 Å². The van der Waals surface area contributed by atoms with Gasteiger partial charge in [0, 0.05) is 23.1 Å². The van der Waals surface area contributed by atoms with E-state index in [1.165, 1.54) is 29.2 Å². The number of hydrogen-bond acceptors (Lipinski definition) is 4. The van der Waals surface area contributed by atoms with Crippen LogP contribution in [0.2, 0.25) is 20.1 Å². The number of nitrogens with one attached hydrogen (secondary N) is 1. The standard InChI is InChI=1S/C29H31Cl4N3O4S/c1-4-25(29(38)34-16-19(2)3)35(17-20-13-14-21(30)15-24(20)32)27(37)18-36(26-12-8-11-23(31)28(26)33)41(39,40)22-9-6-5-7-10-22/h5-15,19,25H,4,16-18H2,1-3H3,(H,34,38). The number of carbonyl (C=O) groups is 2. The topological polar surface area (TPSA) is 86.8 Å². The van der Waals surface area contributed by atoms with Crippen LogP contribution >= 0.6 is 46.4 Å². The lowest BCUT2D eigenvalue weighted by molar-refractivity contribution is -0.140. The molecule has 0 bridgehead atoms. The van der Waals surface area contributed by atoms with Crippen molar-refractivity contribution in [1.29, 1.82) is 0 Å². The molecule has 0 aliphatic rings. The van der Waals surface area contributed by atoms with Gasteiger partial charge in [-0.15, -0.1) is 0 Å². The number of carbonyl (C=O) groups excluding carboxylic acids is 2. The maximum Gasteiger partial charge on any atom is 0.264 e. The van der Waals surface area contributed by atoms with Crippen molar-refractivity contribution in [3.8, 4) is 0 Å². The van der Waals surface area contributed by atoms with Crippen LogP contribution in [0.15, 0.2) is 71.6 Å². The minimum absolute atomic E-state index is 0.0261. The summed E-state index contributed by atoms with van der Waals surface area (Å²) in [5.41, 5.74) is 0.566. The van der Waals surface area contributed by atoms with Gasteiger partial charge in [-0.2, -0.15) is 0 Å². The van der Waals surface area contributed by atoms with Crippen LogP contribution in [0.3, 0.4) is 0 Å². The second kappa shape index (κ2) is 14.6. The lowest BCUT2D eigenvalue weighted by Gasteiger charge is -2.33. The summed E-state index contributed by atoms with van der Waals surface area (Å²) in [5.74, 6) is -0.821. The Kier molecular flexibility index (Phi) is 11.8. The van der Waals surface area contributed by atoms with Crippen LogP contribution in [0.5, 0.6) is 0 Å². The van der Waals surface area contributed by atoms with Gasteiger partial charge in [-0.3, -0.25) is 13.9 Å². The van der Waals surface area contributed by atoms with Gasteiger partial charge in [0.15, 0.2) is 0 Å². The van der Waals surface area contributed by atoms with E-state index >= 15 is 0 Å². The van der Waals surface area contributed by atoms with Crippen LogP contribution in [0.4, 0.5) is 5.69 Å². The molecule has 3 aromatic carbocycles. The summed E-state index contributed by atoms with van der Waals surface area (Å²) in [6.45, 7) is 5.38. The Bertz CT molecular complexity index is 1490. The van der Waals surface area contributed by atoms with E-state index in [0.29, 0.717) is 22.2 Å². The lowest BCUT2D eigenvalue weighted by atomic mass is 10.1. The molecule has 3 rings (SSSR count). The van der Waals surface area contributed by atoms with Crippen LogP contribution in [0.25, 0.3) is 0 Å². The van der Waals surface area contributed by atoms with Crippen molar-refractivity contribution < 1.29 is 18.0 Å². The Balaban J connectivity index is 2.10. The molecule has 0 radical (unpaired) electrons. The normalized spacial score (nSPS) is 12.2. The van der Waals surface area contributed by atoms with Gasteiger partial charge in [0.05, 0.1) is 20.6 Å². The number of sulfonamides is 1. The van der Waals surface area contributed by atoms with Gasteiger partial charge in [-0.1, -0.05) is 97.5 Å². The highest BCUT2D eigenvalue weighted by Gasteiger charge is 2.35. The highest BCUT2D eigenvalue weighted by Crippen LogP contribution is 2.35. The summed E-state index contributed by atoms with van der Waals surface area (Å²) in [4.78, 5) is 28.7. The van der Waals surface area contributed by atoms with E-state index < -0.39 is 28.5 Å². The number of rotatable bonds is 12. The van der Waals surface area contributed by atoms with E-state index in [0.717, 1.165) is 4.31 Å². The highest BCUT2D eigenvalue weighted by atomic mass is 35.5. The van der Waals surface area contributed by atoms with Crippen LogP contribution in [-0.4, -0.2) is 44.3 Å². The number of halogens is 4. The van der Waals surface area contributed by atoms with Gasteiger partial charge in [0.2, 0.25) is 11.8 Å². The van der Waals surface area contributed by atoms with E-state index in [-0.39, 0.29) is 45.4 Å². The highest BCUT2D eigenvalue weighted by molar-refractivity contribution is 7.92. The molecule has 0 aliphatic carbocycles. The van der Waals surface area contributed by atoms with Crippen molar-refractivity contribution in [2.75, 3.05) is 17.4 Å².